The monoisotopic (exact) mass is 340 g/mol. The lowest BCUT2D eigenvalue weighted by molar-refractivity contribution is 0.0502. The Hall–Kier alpha value is -0.123. The van der Waals surface area contributed by atoms with Crippen molar-refractivity contribution in [3.8, 4) is 0 Å². The molecule has 0 N–H and O–H groups in total. The van der Waals surface area contributed by atoms with E-state index in [2.05, 4.69) is 49.8 Å². The summed E-state index contributed by atoms with van der Waals surface area (Å²) in [5.41, 5.74) is 2.24. The Morgan fingerprint density at radius 2 is 1.09 bits per heavy atom. The van der Waals surface area contributed by atoms with Crippen molar-refractivity contribution in [2.24, 2.45) is 0 Å². The first-order chi connectivity index (χ1) is 11.2. The molecule has 0 aromatic heterocycles. The van der Waals surface area contributed by atoms with Crippen molar-refractivity contribution >= 4 is 9.52 Å². The number of unbranched alkanes of at least 4 members (excludes halogenated alkanes) is 4. The van der Waals surface area contributed by atoms with Crippen LogP contribution in [0.3, 0.4) is 0 Å². The lowest BCUT2D eigenvalue weighted by atomic mass is 10.2. The second kappa shape index (κ2) is 16.7. The van der Waals surface area contributed by atoms with Gasteiger partial charge in [-0.2, -0.15) is 0 Å². The Balaban J connectivity index is 5.01. The summed E-state index contributed by atoms with van der Waals surface area (Å²) in [7, 11) is -0.124. The third-order valence-corrected chi connectivity index (χ3v) is 5.93. The Bertz CT molecular complexity index is 222. The highest BCUT2D eigenvalue weighted by atomic mass is 28.2. The quantitative estimate of drug-likeness (QED) is 0.276. The fourth-order valence-corrected chi connectivity index (χ4v) is 4.39. The van der Waals surface area contributed by atoms with E-state index in [4.69, 9.17) is 0 Å². The fraction of sp³-hybridized carbons (Fsp3) is 0.900. The molecule has 23 heavy (non-hydrogen) atoms. The van der Waals surface area contributed by atoms with Crippen LogP contribution in [0.2, 0.25) is 6.04 Å². The predicted molar refractivity (Wildman–Crippen MR) is 110 cm³/mol. The smallest absolute Gasteiger partial charge is 0.0595 e. The van der Waals surface area contributed by atoms with E-state index in [0.717, 1.165) is 0 Å². The number of nitrogens with zero attached hydrogens (tertiary/aromatic N) is 2. The SMILES string of the molecule is C=C[SiH2]CC(N(CCCC)CCCC)N(CCCC)CCCC. The van der Waals surface area contributed by atoms with Gasteiger partial charge >= 0.3 is 0 Å². The Labute approximate surface area is 149 Å². The summed E-state index contributed by atoms with van der Waals surface area (Å²) in [6.07, 6.45) is 11.2. The van der Waals surface area contributed by atoms with Gasteiger partial charge in [-0.05, 0) is 57.9 Å². The molecule has 0 aliphatic rings. The highest BCUT2D eigenvalue weighted by molar-refractivity contribution is 6.41. The first kappa shape index (κ1) is 22.9. The topological polar surface area (TPSA) is 6.48 Å². The second-order valence-electron chi connectivity index (χ2n) is 6.83. The minimum Gasteiger partial charge on any atom is -0.288 e. The van der Waals surface area contributed by atoms with Gasteiger partial charge in [-0.1, -0.05) is 53.4 Å². The average Bonchev–Trinajstić information content (AvgIpc) is 2.57. The zero-order valence-electron chi connectivity index (χ0n) is 16.7. The molecule has 0 saturated heterocycles. The molecule has 0 saturated carbocycles. The summed E-state index contributed by atoms with van der Waals surface area (Å²) in [5, 5.41) is 0. The van der Waals surface area contributed by atoms with Crippen molar-refractivity contribution in [2.45, 2.75) is 91.3 Å². The standard InChI is InChI=1S/C20H44N2Si/c1-6-11-15-21(16-12-7-2)20(19-23-10-5)22(17-13-8-3)18-14-9-4/h10,20H,5-9,11-19,23H2,1-4H3. The molecule has 0 atom stereocenters. The van der Waals surface area contributed by atoms with Crippen molar-refractivity contribution in [1.82, 2.24) is 9.80 Å². The Morgan fingerprint density at radius 1 is 0.739 bits per heavy atom. The summed E-state index contributed by atoms with van der Waals surface area (Å²) >= 11 is 0. The third-order valence-electron chi connectivity index (χ3n) is 4.67. The molecule has 0 rings (SSSR count). The van der Waals surface area contributed by atoms with E-state index in [0.29, 0.717) is 6.17 Å². The van der Waals surface area contributed by atoms with Crippen LogP contribution in [0.25, 0.3) is 0 Å². The van der Waals surface area contributed by atoms with E-state index in [1.807, 2.05) is 0 Å². The summed E-state index contributed by atoms with van der Waals surface area (Å²) in [5.74, 6) is 0. The molecule has 2 nitrogen and oxygen atoms in total. The number of hydrogen-bond donors (Lipinski definition) is 0. The molecule has 0 radical (unpaired) electrons. The maximum absolute atomic E-state index is 4.02. The molecule has 0 fully saturated rings. The minimum atomic E-state index is -0.124. The van der Waals surface area contributed by atoms with Crippen LogP contribution >= 0.6 is 0 Å². The molecule has 0 amide bonds. The van der Waals surface area contributed by atoms with Gasteiger partial charge in [0.1, 0.15) is 0 Å². The van der Waals surface area contributed by atoms with Gasteiger partial charge in [0.25, 0.3) is 0 Å². The van der Waals surface area contributed by atoms with E-state index in [-0.39, 0.29) is 9.52 Å². The van der Waals surface area contributed by atoms with E-state index >= 15 is 0 Å². The minimum absolute atomic E-state index is 0.124. The molecule has 138 valence electrons. The molecule has 0 bridgehead atoms. The van der Waals surface area contributed by atoms with Crippen LogP contribution in [-0.2, 0) is 0 Å². The van der Waals surface area contributed by atoms with Gasteiger partial charge in [0.15, 0.2) is 0 Å². The van der Waals surface area contributed by atoms with Crippen LogP contribution in [0.5, 0.6) is 0 Å². The van der Waals surface area contributed by atoms with Gasteiger partial charge in [0, 0.05) is 9.52 Å². The predicted octanol–water partition coefficient (Wildman–Crippen LogP) is 4.85. The van der Waals surface area contributed by atoms with Crippen LogP contribution < -0.4 is 0 Å². The first-order valence-corrected chi connectivity index (χ1v) is 12.2. The lowest BCUT2D eigenvalue weighted by Gasteiger charge is -2.40. The average molecular weight is 341 g/mol. The molecule has 0 heterocycles. The van der Waals surface area contributed by atoms with Crippen LogP contribution in [0.1, 0.15) is 79.1 Å². The molecular weight excluding hydrogens is 296 g/mol. The van der Waals surface area contributed by atoms with Crippen molar-refractivity contribution in [3.63, 3.8) is 0 Å². The molecule has 0 aromatic rings. The second-order valence-corrected chi connectivity index (χ2v) is 8.56. The normalized spacial score (nSPS) is 12.3. The third kappa shape index (κ3) is 11.1. The molecule has 0 aliphatic heterocycles. The van der Waals surface area contributed by atoms with Gasteiger partial charge in [0.05, 0.1) is 6.17 Å². The van der Waals surface area contributed by atoms with Gasteiger partial charge in [0.2, 0.25) is 0 Å². The Kier molecular flexibility index (Phi) is 16.6. The van der Waals surface area contributed by atoms with E-state index in [1.165, 1.54) is 83.6 Å². The highest BCUT2D eigenvalue weighted by Crippen LogP contribution is 2.16. The zero-order chi connectivity index (χ0) is 17.3. The van der Waals surface area contributed by atoms with E-state index < -0.39 is 0 Å². The van der Waals surface area contributed by atoms with Crippen LogP contribution in [0, 0.1) is 0 Å². The van der Waals surface area contributed by atoms with Crippen molar-refractivity contribution in [1.29, 1.82) is 0 Å². The van der Waals surface area contributed by atoms with Crippen LogP contribution in [0.15, 0.2) is 12.3 Å². The van der Waals surface area contributed by atoms with Crippen molar-refractivity contribution in [2.75, 3.05) is 26.2 Å². The maximum atomic E-state index is 4.02. The number of hydrogen-bond acceptors (Lipinski definition) is 2. The molecular formula is C20H44N2Si. The molecule has 0 aliphatic carbocycles. The van der Waals surface area contributed by atoms with Gasteiger partial charge in [-0.25, -0.2) is 0 Å². The Morgan fingerprint density at radius 3 is 1.35 bits per heavy atom. The summed E-state index contributed by atoms with van der Waals surface area (Å²) in [6, 6.07) is 1.38. The zero-order valence-corrected chi connectivity index (χ0v) is 18.1. The van der Waals surface area contributed by atoms with Crippen LogP contribution in [-0.4, -0.2) is 51.7 Å². The maximum Gasteiger partial charge on any atom is 0.0595 e. The molecule has 0 aromatic carbocycles. The van der Waals surface area contributed by atoms with Gasteiger partial charge in [-0.15, -0.1) is 12.3 Å². The summed E-state index contributed by atoms with van der Waals surface area (Å²) in [4.78, 5) is 5.63. The molecule has 0 unspecified atom stereocenters. The summed E-state index contributed by atoms with van der Waals surface area (Å²) in [6.45, 7) is 18.4. The van der Waals surface area contributed by atoms with Crippen LogP contribution in [0.4, 0.5) is 0 Å². The number of rotatable bonds is 17. The molecule has 0 spiro atoms. The van der Waals surface area contributed by atoms with Crippen molar-refractivity contribution in [3.05, 3.63) is 12.3 Å². The summed E-state index contributed by atoms with van der Waals surface area (Å²) < 4.78 is 0. The van der Waals surface area contributed by atoms with Gasteiger partial charge < -0.3 is 0 Å². The largest absolute Gasteiger partial charge is 0.288 e. The highest BCUT2D eigenvalue weighted by Gasteiger charge is 2.23. The van der Waals surface area contributed by atoms with Crippen molar-refractivity contribution < 1.29 is 0 Å². The van der Waals surface area contributed by atoms with E-state index in [9.17, 15) is 0 Å². The molecule has 3 heteroatoms. The first-order valence-electron chi connectivity index (χ1n) is 10.3. The fourth-order valence-electron chi connectivity index (χ4n) is 3.13. The van der Waals surface area contributed by atoms with E-state index in [1.54, 1.807) is 0 Å². The lowest BCUT2D eigenvalue weighted by Crippen LogP contribution is -2.50. The van der Waals surface area contributed by atoms with Gasteiger partial charge in [-0.3, -0.25) is 9.80 Å².